The van der Waals surface area contributed by atoms with Gasteiger partial charge in [0.15, 0.2) is 0 Å². The van der Waals surface area contributed by atoms with Crippen molar-refractivity contribution in [2.75, 3.05) is 5.01 Å². The summed E-state index contributed by atoms with van der Waals surface area (Å²) in [5, 5.41) is 4.11. The van der Waals surface area contributed by atoms with E-state index in [1.165, 1.54) is 5.01 Å². The second kappa shape index (κ2) is 7.64. The molecule has 1 saturated heterocycles. The first-order valence-electron chi connectivity index (χ1n) is 9.20. The van der Waals surface area contributed by atoms with E-state index in [0.29, 0.717) is 30.6 Å². The molecule has 1 aromatic heterocycles. The van der Waals surface area contributed by atoms with Gasteiger partial charge in [0.05, 0.1) is 17.5 Å². The fourth-order valence-electron chi connectivity index (χ4n) is 3.55. The molecule has 0 radical (unpaired) electrons. The number of pyridine rings is 1. The third-order valence-electron chi connectivity index (χ3n) is 5.10. The lowest BCUT2D eigenvalue weighted by Gasteiger charge is -2.38. The van der Waals surface area contributed by atoms with Crippen molar-refractivity contribution in [3.05, 3.63) is 72.1 Å². The van der Waals surface area contributed by atoms with Gasteiger partial charge in [0.1, 0.15) is 0 Å². The van der Waals surface area contributed by atoms with Gasteiger partial charge in [-0.05, 0) is 48.7 Å². The number of carbonyl (C=O) groups excluding carboxylic acids is 3. The number of hydrazine groups is 1. The Morgan fingerprint density at radius 2 is 1.86 bits per heavy atom. The van der Waals surface area contributed by atoms with Crippen LogP contribution in [0, 0.1) is 11.8 Å². The Balaban J connectivity index is 1.50. The molecule has 0 unspecified atom stereocenters. The van der Waals surface area contributed by atoms with Crippen LogP contribution in [0.3, 0.4) is 0 Å². The van der Waals surface area contributed by atoms with Gasteiger partial charge in [0.2, 0.25) is 11.8 Å². The first-order chi connectivity index (χ1) is 13.6. The van der Waals surface area contributed by atoms with Gasteiger partial charge < -0.3 is 5.32 Å². The van der Waals surface area contributed by atoms with Crippen molar-refractivity contribution in [3.8, 4) is 0 Å². The van der Waals surface area contributed by atoms with Gasteiger partial charge >= 0.3 is 0 Å². The van der Waals surface area contributed by atoms with E-state index in [4.69, 9.17) is 0 Å². The number of nitrogens with one attached hydrogen (secondary N) is 2. The van der Waals surface area contributed by atoms with E-state index >= 15 is 0 Å². The number of anilines is 1. The van der Waals surface area contributed by atoms with Crippen LogP contribution < -0.4 is 15.8 Å². The van der Waals surface area contributed by atoms with Gasteiger partial charge in [-0.25, -0.2) is 5.01 Å². The maximum absolute atomic E-state index is 12.9. The van der Waals surface area contributed by atoms with E-state index in [9.17, 15) is 14.4 Å². The van der Waals surface area contributed by atoms with Crippen molar-refractivity contribution in [3.63, 3.8) is 0 Å². The zero-order chi connectivity index (χ0) is 19.5. The van der Waals surface area contributed by atoms with Gasteiger partial charge in [-0.1, -0.05) is 18.2 Å². The summed E-state index contributed by atoms with van der Waals surface area (Å²) in [7, 11) is 0. The Kier molecular flexibility index (Phi) is 4.89. The predicted octanol–water partition coefficient (Wildman–Crippen LogP) is 1.97. The fourth-order valence-corrected chi connectivity index (χ4v) is 3.55. The predicted molar refractivity (Wildman–Crippen MR) is 103 cm³/mol. The molecule has 3 amide bonds. The summed E-state index contributed by atoms with van der Waals surface area (Å²) in [5.41, 5.74) is 4.51. The Labute approximate surface area is 162 Å². The molecule has 2 atom stereocenters. The summed E-state index contributed by atoms with van der Waals surface area (Å²) < 4.78 is 0. The number of fused-ring (bicyclic) bond motifs is 1. The summed E-state index contributed by atoms with van der Waals surface area (Å²) in [6.07, 6.45) is 8.35. The Morgan fingerprint density at radius 3 is 2.64 bits per heavy atom. The van der Waals surface area contributed by atoms with Crippen molar-refractivity contribution in [2.24, 2.45) is 11.8 Å². The van der Waals surface area contributed by atoms with Gasteiger partial charge in [-0.15, -0.1) is 0 Å². The van der Waals surface area contributed by atoms with Crippen molar-refractivity contribution < 1.29 is 14.4 Å². The van der Waals surface area contributed by atoms with Crippen molar-refractivity contribution in [1.82, 2.24) is 15.7 Å². The van der Waals surface area contributed by atoms with Gasteiger partial charge in [0.25, 0.3) is 5.91 Å². The van der Waals surface area contributed by atoms with E-state index in [-0.39, 0.29) is 29.6 Å². The zero-order valence-corrected chi connectivity index (χ0v) is 15.2. The highest BCUT2D eigenvalue weighted by Crippen LogP contribution is 2.32. The lowest BCUT2D eigenvalue weighted by molar-refractivity contribution is -0.139. The molecule has 7 nitrogen and oxygen atoms in total. The number of amides is 3. The highest BCUT2D eigenvalue weighted by Gasteiger charge is 2.42. The molecule has 0 spiro atoms. The summed E-state index contributed by atoms with van der Waals surface area (Å²) in [5.74, 6) is -1.25. The SMILES string of the molecule is O=C(NCc1ccncc1)c1cccc(N2NC(=O)[C@@H]3CC=CC[C@H]3C2=O)c1. The monoisotopic (exact) mass is 376 g/mol. The Hall–Kier alpha value is -3.48. The lowest BCUT2D eigenvalue weighted by atomic mass is 9.80. The zero-order valence-electron chi connectivity index (χ0n) is 15.2. The molecule has 2 N–H and O–H groups in total. The van der Waals surface area contributed by atoms with E-state index in [1.54, 1.807) is 36.7 Å². The molecular formula is C21H20N4O3. The molecular weight excluding hydrogens is 356 g/mol. The van der Waals surface area contributed by atoms with Crippen LogP contribution in [0.25, 0.3) is 0 Å². The molecule has 28 heavy (non-hydrogen) atoms. The van der Waals surface area contributed by atoms with E-state index in [2.05, 4.69) is 15.7 Å². The van der Waals surface area contributed by atoms with Gasteiger partial charge in [0, 0.05) is 24.5 Å². The van der Waals surface area contributed by atoms with Gasteiger partial charge in [-0.2, -0.15) is 0 Å². The molecule has 0 saturated carbocycles. The number of rotatable bonds is 4. The van der Waals surface area contributed by atoms with Crippen LogP contribution in [0.4, 0.5) is 5.69 Å². The molecule has 2 aliphatic rings. The molecule has 4 rings (SSSR count). The Bertz CT molecular complexity index is 942. The number of hydrogen-bond acceptors (Lipinski definition) is 4. The number of allylic oxidation sites excluding steroid dienone is 2. The van der Waals surface area contributed by atoms with Crippen molar-refractivity contribution in [2.45, 2.75) is 19.4 Å². The molecule has 1 aliphatic heterocycles. The quantitative estimate of drug-likeness (QED) is 0.798. The molecule has 1 fully saturated rings. The third kappa shape index (κ3) is 3.51. The molecule has 0 bridgehead atoms. The minimum atomic E-state index is -0.358. The van der Waals surface area contributed by atoms with Crippen molar-refractivity contribution >= 4 is 23.4 Å². The summed E-state index contributed by atoms with van der Waals surface area (Å²) in [6, 6.07) is 10.3. The maximum Gasteiger partial charge on any atom is 0.251 e. The average Bonchev–Trinajstić information content (AvgIpc) is 2.75. The van der Waals surface area contributed by atoms with Crippen LogP contribution in [0.1, 0.15) is 28.8 Å². The molecule has 2 heterocycles. The first-order valence-corrected chi connectivity index (χ1v) is 9.20. The smallest absolute Gasteiger partial charge is 0.251 e. The standard InChI is InChI=1S/C21H20N4O3/c26-19(23-13-14-8-10-22-11-9-14)15-4-3-5-16(12-15)25-21(28)18-7-2-1-6-17(18)20(27)24-25/h1-5,8-12,17-18H,6-7,13H2,(H,23,26)(H,24,27)/t17-,18-/m1/s1. The van der Waals surface area contributed by atoms with Crippen LogP contribution in [0.2, 0.25) is 0 Å². The summed E-state index contributed by atoms with van der Waals surface area (Å²) in [4.78, 5) is 41.7. The van der Waals surface area contributed by atoms with Crippen LogP contribution in [-0.2, 0) is 16.1 Å². The Morgan fingerprint density at radius 1 is 1.11 bits per heavy atom. The minimum Gasteiger partial charge on any atom is -0.348 e. The molecule has 1 aliphatic carbocycles. The van der Waals surface area contributed by atoms with E-state index < -0.39 is 0 Å². The highest BCUT2D eigenvalue weighted by molar-refractivity contribution is 6.05. The molecule has 142 valence electrons. The summed E-state index contributed by atoms with van der Waals surface area (Å²) in [6.45, 7) is 0.376. The van der Waals surface area contributed by atoms with Crippen LogP contribution >= 0.6 is 0 Å². The van der Waals surface area contributed by atoms with Crippen LogP contribution in [0.15, 0.2) is 60.9 Å². The highest BCUT2D eigenvalue weighted by atomic mass is 16.2. The first kappa shape index (κ1) is 17.9. The second-order valence-corrected chi connectivity index (χ2v) is 6.89. The normalized spacial score (nSPS) is 21.1. The number of carbonyl (C=O) groups is 3. The van der Waals surface area contributed by atoms with E-state index in [1.807, 2.05) is 24.3 Å². The molecule has 1 aromatic carbocycles. The maximum atomic E-state index is 12.9. The molecule has 7 heteroatoms. The fraction of sp³-hybridized carbons (Fsp3) is 0.238. The largest absolute Gasteiger partial charge is 0.348 e. The second-order valence-electron chi connectivity index (χ2n) is 6.89. The van der Waals surface area contributed by atoms with Crippen LogP contribution in [0.5, 0.6) is 0 Å². The average molecular weight is 376 g/mol. The minimum absolute atomic E-state index is 0.150. The number of benzene rings is 1. The van der Waals surface area contributed by atoms with Gasteiger partial charge in [-0.3, -0.25) is 24.8 Å². The van der Waals surface area contributed by atoms with Crippen molar-refractivity contribution in [1.29, 1.82) is 0 Å². The van der Waals surface area contributed by atoms with Crippen LogP contribution in [-0.4, -0.2) is 22.7 Å². The van der Waals surface area contributed by atoms with E-state index in [0.717, 1.165) is 5.56 Å². The third-order valence-corrected chi connectivity index (χ3v) is 5.10. The molecule has 2 aromatic rings. The number of nitrogens with zero attached hydrogens (tertiary/aromatic N) is 2. The number of aromatic nitrogens is 1. The topological polar surface area (TPSA) is 91.4 Å². The summed E-state index contributed by atoms with van der Waals surface area (Å²) >= 11 is 0. The lowest BCUT2D eigenvalue weighted by Crippen LogP contribution is -2.59. The number of hydrogen-bond donors (Lipinski definition) is 2.